The molecule has 236 valence electrons. The van der Waals surface area contributed by atoms with Crippen LogP contribution >= 0.6 is 0 Å². The number of hydrogen-bond acceptors (Lipinski definition) is 3. The van der Waals surface area contributed by atoms with E-state index in [1.165, 1.54) is 48.9 Å². The first-order valence-electron chi connectivity index (χ1n) is 17.3. The fourth-order valence-electron chi connectivity index (χ4n) is 8.49. The van der Waals surface area contributed by atoms with Gasteiger partial charge < -0.3 is 13.4 Å². The minimum Gasteiger partial charge on any atom is -0.456 e. The maximum absolute atomic E-state index is 6.56. The number of hydrogen-bond donors (Lipinski definition) is 0. The number of rotatable bonds is 4. The van der Waals surface area contributed by atoms with Gasteiger partial charge in [0.2, 0.25) is 0 Å². The van der Waals surface area contributed by atoms with Crippen LogP contribution in [-0.4, -0.2) is 18.9 Å². The predicted molar refractivity (Wildman–Crippen MR) is 208 cm³/mol. The molecule has 0 saturated carbocycles. The summed E-state index contributed by atoms with van der Waals surface area (Å²) in [5, 5.41) is 7.34. The molecule has 12 rings (SSSR count). The molecule has 0 fully saturated rings. The lowest BCUT2D eigenvalue weighted by atomic mass is 10.0. The number of aromatic nitrogens is 4. The molecular formula is C46H26N4O. The maximum atomic E-state index is 6.56. The van der Waals surface area contributed by atoms with Crippen LogP contribution in [0.5, 0.6) is 0 Å². The van der Waals surface area contributed by atoms with E-state index in [2.05, 4.69) is 130 Å². The Labute approximate surface area is 290 Å². The summed E-state index contributed by atoms with van der Waals surface area (Å²) >= 11 is 0. The first kappa shape index (κ1) is 26.9. The van der Waals surface area contributed by atoms with Crippen LogP contribution in [0.2, 0.25) is 0 Å². The van der Waals surface area contributed by atoms with E-state index < -0.39 is 0 Å². The Morgan fingerprint density at radius 1 is 0.412 bits per heavy atom. The number of fused-ring (bicyclic) bond motifs is 4. The number of benzene rings is 7. The van der Waals surface area contributed by atoms with Crippen molar-refractivity contribution in [2.24, 2.45) is 0 Å². The van der Waals surface area contributed by atoms with Gasteiger partial charge in [-0.25, -0.2) is 9.97 Å². The molecule has 51 heavy (non-hydrogen) atoms. The van der Waals surface area contributed by atoms with Gasteiger partial charge in [0.1, 0.15) is 11.2 Å². The topological polar surface area (TPSA) is 48.3 Å². The van der Waals surface area contributed by atoms with Crippen LogP contribution in [0.1, 0.15) is 0 Å². The van der Waals surface area contributed by atoms with Crippen molar-refractivity contribution in [1.29, 1.82) is 0 Å². The van der Waals surface area contributed by atoms with Crippen LogP contribution in [0.4, 0.5) is 0 Å². The molecule has 0 saturated heterocycles. The summed E-state index contributed by atoms with van der Waals surface area (Å²) in [5.41, 5.74) is 13.7. The van der Waals surface area contributed by atoms with Crippen molar-refractivity contribution in [3.05, 3.63) is 158 Å². The highest BCUT2D eigenvalue weighted by molar-refractivity contribution is 6.37. The lowest BCUT2D eigenvalue weighted by Gasteiger charge is -2.12. The first-order chi connectivity index (χ1) is 25.3. The van der Waals surface area contributed by atoms with Crippen LogP contribution in [0, 0.1) is 0 Å². The van der Waals surface area contributed by atoms with E-state index in [-0.39, 0.29) is 0 Å². The fraction of sp³-hybridized carbons (Fsp3) is 0. The van der Waals surface area contributed by atoms with Gasteiger partial charge >= 0.3 is 0 Å². The molecule has 5 heterocycles. The van der Waals surface area contributed by atoms with E-state index in [1.54, 1.807) is 0 Å². The molecule has 0 N–H and O–H groups in total. The summed E-state index contributed by atoms with van der Waals surface area (Å²) < 4.78 is 11.4. The quantitative estimate of drug-likeness (QED) is 0.190. The van der Waals surface area contributed by atoms with E-state index in [9.17, 15) is 0 Å². The first-order valence-corrected chi connectivity index (χ1v) is 17.3. The third-order valence-corrected chi connectivity index (χ3v) is 10.7. The molecule has 0 aliphatic rings. The van der Waals surface area contributed by atoms with Gasteiger partial charge in [0, 0.05) is 49.3 Å². The molecule has 0 bridgehead atoms. The molecule has 0 aliphatic carbocycles. The third kappa shape index (κ3) is 3.59. The fourth-order valence-corrected chi connectivity index (χ4v) is 8.49. The van der Waals surface area contributed by atoms with E-state index in [1.807, 2.05) is 36.4 Å². The lowest BCUT2D eigenvalue weighted by Crippen LogP contribution is -1.97. The van der Waals surface area contributed by atoms with Crippen LogP contribution in [0.3, 0.4) is 0 Å². The molecule has 0 aliphatic heterocycles. The Hall–Kier alpha value is -6.98. The van der Waals surface area contributed by atoms with Crippen LogP contribution in [0.25, 0.3) is 111 Å². The van der Waals surface area contributed by atoms with Crippen molar-refractivity contribution < 1.29 is 4.42 Å². The maximum Gasteiger partial charge on any atom is 0.160 e. The summed E-state index contributed by atoms with van der Waals surface area (Å²) in [6, 6.07) is 55.6. The predicted octanol–water partition coefficient (Wildman–Crippen LogP) is 11.9. The molecular weight excluding hydrogens is 625 g/mol. The molecule has 7 aromatic carbocycles. The zero-order chi connectivity index (χ0) is 33.2. The third-order valence-electron chi connectivity index (χ3n) is 10.7. The van der Waals surface area contributed by atoms with Gasteiger partial charge in [0.25, 0.3) is 0 Å². The summed E-state index contributed by atoms with van der Waals surface area (Å²) in [5.74, 6) is 0.711. The average Bonchev–Trinajstić information content (AvgIpc) is 3.83. The Kier molecular flexibility index (Phi) is 5.17. The second-order valence-electron chi connectivity index (χ2n) is 13.4. The van der Waals surface area contributed by atoms with Crippen molar-refractivity contribution in [2.75, 3.05) is 0 Å². The minimum absolute atomic E-state index is 0.711. The van der Waals surface area contributed by atoms with Gasteiger partial charge in [-0.15, -0.1) is 0 Å². The van der Waals surface area contributed by atoms with E-state index in [0.29, 0.717) is 5.82 Å². The second kappa shape index (κ2) is 9.80. The molecule has 0 radical (unpaired) electrons. The van der Waals surface area contributed by atoms with Crippen molar-refractivity contribution in [3.63, 3.8) is 0 Å². The highest BCUT2D eigenvalue weighted by Crippen LogP contribution is 2.48. The standard InChI is InChI=1S/C46H26N4O/c1-3-10-27(11-4-1)33-26-34(48-46(47-33)29-12-5-2-6-13-29)28-18-20-30(21-19-28)49-36-16-9-17-37-41(36)42-38(49)23-25-39-43(42)44-40(51-39)24-22-32-31-14-7-8-15-35(31)50(37)45(32)44/h1-26H. The van der Waals surface area contributed by atoms with Crippen LogP contribution < -0.4 is 0 Å². The van der Waals surface area contributed by atoms with Gasteiger partial charge in [0.05, 0.1) is 44.4 Å². The lowest BCUT2D eigenvalue weighted by molar-refractivity contribution is 0.669. The largest absolute Gasteiger partial charge is 0.456 e. The molecule has 5 aromatic heterocycles. The summed E-state index contributed by atoms with van der Waals surface area (Å²) in [7, 11) is 0. The highest BCUT2D eigenvalue weighted by Gasteiger charge is 2.26. The summed E-state index contributed by atoms with van der Waals surface area (Å²) in [4.78, 5) is 10.1. The normalized spacial score (nSPS) is 12.3. The van der Waals surface area contributed by atoms with Crippen molar-refractivity contribution in [1.82, 2.24) is 18.9 Å². The molecule has 0 amide bonds. The van der Waals surface area contributed by atoms with Crippen LogP contribution in [0.15, 0.2) is 162 Å². The zero-order valence-electron chi connectivity index (χ0n) is 27.2. The molecule has 0 atom stereocenters. The summed E-state index contributed by atoms with van der Waals surface area (Å²) in [6.07, 6.45) is 0. The monoisotopic (exact) mass is 650 g/mol. The van der Waals surface area contributed by atoms with Crippen LogP contribution in [-0.2, 0) is 0 Å². The van der Waals surface area contributed by atoms with E-state index >= 15 is 0 Å². The molecule has 0 unspecified atom stereocenters. The minimum atomic E-state index is 0.711. The second-order valence-corrected chi connectivity index (χ2v) is 13.4. The Morgan fingerprint density at radius 3 is 1.84 bits per heavy atom. The number of para-hydroxylation sites is 1. The van der Waals surface area contributed by atoms with E-state index in [0.717, 1.165) is 56.0 Å². The molecule has 5 nitrogen and oxygen atoms in total. The molecule has 12 aromatic rings. The van der Waals surface area contributed by atoms with Gasteiger partial charge in [-0.2, -0.15) is 0 Å². The molecule has 5 heteroatoms. The Bertz CT molecular complexity index is 3220. The SMILES string of the molecule is c1ccc(-c2cc(-c3ccc(-n4c5ccc6oc7ccc8c9ccccc9n9c%10cccc4c%10c5c6c7c89)cc3)nc(-c3ccccc3)n2)cc1. The van der Waals surface area contributed by atoms with Gasteiger partial charge in [-0.05, 0) is 60.7 Å². The zero-order valence-corrected chi connectivity index (χ0v) is 27.2. The average molecular weight is 651 g/mol. The molecule has 0 spiro atoms. The van der Waals surface area contributed by atoms with E-state index in [4.69, 9.17) is 14.4 Å². The smallest absolute Gasteiger partial charge is 0.160 e. The Balaban J connectivity index is 1.11. The Morgan fingerprint density at radius 2 is 1.04 bits per heavy atom. The van der Waals surface area contributed by atoms with Gasteiger partial charge in [-0.1, -0.05) is 97.1 Å². The summed E-state index contributed by atoms with van der Waals surface area (Å²) in [6.45, 7) is 0. The number of nitrogens with zero attached hydrogens (tertiary/aromatic N) is 4. The van der Waals surface area contributed by atoms with Gasteiger partial charge in [0.15, 0.2) is 5.82 Å². The van der Waals surface area contributed by atoms with Crippen molar-refractivity contribution in [3.8, 4) is 39.6 Å². The highest BCUT2D eigenvalue weighted by atomic mass is 16.3. The van der Waals surface area contributed by atoms with Crippen molar-refractivity contribution in [2.45, 2.75) is 0 Å². The number of furan rings is 1. The van der Waals surface area contributed by atoms with Crippen molar-refractivity contribution >= 4 is 71.1 Å². The van der Waals surface area contributed by atoms with Gasteiger partial charge in [-0.3, -0.25) is 0 Å².